The van der Waals surface area contributed by atoms with Gasteiger partial charge < -0.3 is 24.8 Å². The van der Waals surface area contributed by atoms with Crippen LogP contribution in [-0.4, -0.2) is 32.8 Å². The Morgan fingerprint density at radius 2 is 2.04 bits per heavy atom. The summed E-state index contributed by atoms with van der Waals surface area (Å²) in [5, 5.41) is 5.33. The third-order valence-corrected chi connectivity index (χ3v) is 4.30. The number of halogens is 1. The summed E-state index contributed by atoms with van der Waals surface area (Å²) >= 11 is 3.47. The molecule has 25 heavy (non-hydrogen) atoms. The Morgan fingerprint density at radius 1 is 1.32 bits per heavy atom. The predicted octanol–water partition coefficient (Wildman–Crippen LogP) is 3.05. The predicted molar refractivity (Wildman–Crippen MR) is 95.6 cm³/mol. The quantitative estimate of drug-likeness (QED) is 0.701. The normalized spacial score (nSPS) is 16.8. The van der Waals surface area contributed by atoms with Gasteiger partial charge in [-0.15, -0.1) is 0 Å². The van der Waals surface area contributed by atoms with Crippen molar-refractivity contribution in [3.05, 3.63) is 33.4 Å². The van der Waals surface area contributed by atoms with E-state index in [0.717, 1.165) is 6.42 Å². The van der Waals surface area contributed by atoms with Gasteiger partial charge in [-0.25, -0.2) is 9.59 Å². The summed E-state index contributed by atoms with van der Waals surface area (Å²) in [4.78, 5) is 24.1. The first-order valence-corrected chi connectivity index (χ1v) is 8.59. The molecule has 0 aromatic heterocycles. The van der Waals surface area contributed by atoms with Crippen molar-refractivity contribution in [3.63, 3.8) is 0 Å². The van der Waals surface area contributed by atoms with Crippen molar-refractivity contribution >= 4 is 27.9 Å². The molecular formula is C17H21BrN2O5. The third kappa shape index (κ3) is 4.07. The Balaban J connectivity index is 2.51. The second-order valence-electron chi connectivity index (χ2n) is 5.44. The summed E-state index contributed by atoms with van der Waals surface area (Å²) in [6, 6.07) is 2.48. The van der Waals surface area contributed by atoms with Crippen molar-refractivity contribution in [2.24, 2.45) is 0 Å². The lowest BCUT2D eigenvalue weighted by Gasteiger charge is -2.28. The van der Waals surface area contributed by atoms with Crippen LogP contribution in [0.1, 0.15) is 31.9 Å². The topological polar surface area (TPSA) is 85.9 Å². The molecule has 8 heteroatoms. The minimum atomic E-state index is -0.661. The van der Waals surface area contributed by atoms with Crippen molar-refractivity contribution in [1.29, 1.82) is 0 Å². The van der Waals surface area contributed by atoms with Crippen LogP contribution in [0.2, 0.25) is 0 Å². The number of benzene rings is 1. The van der Waals surface area contributed by atoms with Gasteiger partial charge in [-0.2, -0.15) is 0 Å². The van der Waals surface area contributed by atoms with Gasteiger partial charge in [0.05, 0.1) is 36.9 Å². The fourth-order valence-corrected chi connectivity index (χ4v) is 3.15. The van der Waals surface area contributed by atoms with E-state index < -0.39 is 18.0 Å². The molecule has 1 aromatic carbocycles. The van der Waals surface area contributed by atoms with Crippen LogP contribution in [0.3, 0.4) is 0 Å². The Bertz CT molecular complexity index is 717. The van der Waals surface area contributed by atoms with Crippen LogP contribution in [0.25, 0.3) is 0 Å². The molecule has 0 radical (unpaired) electrons. The molecule has 0 fully saturated rings. The number of hydrogen-bond acceptors (Lipinski definition) is 5. The molecule has 7 nitrogen and oxygen atoms in total. The number of allylic oxidation sites excluding steroid dienone is 1. The van der Waals surface area contributed by atoms with E-state index >= 15 is 0 Å². The van der Waals surface area contributed by atoms with E-state index in [9.17, 15) is 9.59 Å². The summed E-state index contributed by atoms with van der Waals surface area (Å²) in [7, 11) is 2.84. The molecule has 2 amide bonds. The molecule has 1 aromatic rings. The van der Waals surface area contributed by atoms with Gasteiger partial charge in [-0.05, 0) is 47.0 Å². The lowest BCUT2D eigenvalue weighted by atomic mass is 9.95. The molecule has 0 spiro atoms. The molecule has 1 aliphatic heterocycles. The highest BCUT2D eigenvalue weighted by Crippen LogP contribution is 2.40. The smallest absolute Gasteiger partial charge is 0.337 e. The van der Waals surface area contributed by atoms with E-state index in [2.05, 4.69) is 26.6 Å². The van der Waals surface area contributed by atoms with E-state index in [-0.39, 0.29) is 0 Å². The average molecular weight is 413 g/mol. The van der Waals surface area contributed by atoms with Gasteiger partial charge in [-0.1, -0.05) is 6.92 Å². The Morgan fingerprint density at radius 3 is 2.64 bits per heavy atom. The molecule has 0 saturated heterocycles. The summed E-state index contributed by atoms with van der Waals surface area (Å²) in [5.41, 5.74) is 1.45. The van der Waals surface area contributed by atoms with E-state index in [1.54, 1.807) is 19.1 Å². The molecule has 2 rings (SSSR count). The summed E-state index contributed by atoms with van der Waals surface area (Å²) < 4.78 is 16.7. The van der Waals surface area contributed by atoms with Gasteiger partial charge in [0.1, 0.15) is 0 Å². The molecule has 0 bridgehead atoms. The number of ether oxygens (including phenoxy) is 3. The summed E-state index contributed by atoms with van der Waals surface area (Å²) in [6.07, 6.45) is 0.857. The van der Waals surface area contributed by atoms with E-state index in [4.69, 9.17) is 14.2 Å². The maximum atomic E-state index is 12.2. The van der Waals surface area contributed by atoms with Crippen LogP contribution in [0, 0.1) is 0 Å². The van der Waals surface area contributed by atoms with E-state index in [1.807, 2.05) is 6.92 Å². The average Bonchev–Trinajstić information content (AvgIpc) is 2.58. The number of rotatable bonds is 6. The van der Waals surface area contributed by atoms with E-state index in [1.165, 1.54) is 14.2 Å². The highest BCUT2D eigenvalue weighted by Gasteiger charge is 2.32. The molecular weight excluding hydrogens is 392 g/mol. The number of methoxy groups -OCH3 is 2. The summed E-state index contributed by atoms with van der Waals surface area (Å²) in [5.74, 6) is 0.567. The van der Waals surface area contributed by atoms with Gasteiger partial charge >= 0.3 is 12.0 Å². The number of esters is 1. The van der Waals surface area contributed by atoms with Crippen molar-refractivity contribution in [2.45, 2.75) is 26.3 Å². The minimum absolute atomic E-state index is 0.332. The van der Waals surface area contributed by atoms with E-state index in [0.29, 0.717) is 39.4 Å². The first-order chi connectivity index (χ1) is 11.9. The fraction of sp³-hybridized carbons (Fsp3) is 0.412. The van der Waals surface area contributed by atoms with Crippen LogP contribution >= 0.6 is 15.9 Å². The number of amides is 2. The van der Waals surface area contributed by atoms with Crippen LogP contribution in [0.5, 0.6) is 11.5 Å². The zero-order valence-corrected chi connectivity index (χ0v) is 16.2. The first kappa shape index (κ1) is 19.1. The number of nitrogens with one attached hydrogen (secondary N) is 2. The molecule has 0 saturated carbocycles. The lowest BCUT2D eigenvalue weighted by molar-refractivity contribution is -0.136. The Hall–Kier alpha value is -2.22. The van der Waals surface area contributed by atoms with Gasteiger partial charge in [0, 0.05) is 5.70 Å². The molecule has 0 unspecified atom stereocenters. The maximum Gasteiger partial charge on any atom is 0.337 e. The molecule has 1 heterocycles. The van der Waals surface area contributed by atoms with Crippen molar-refractivity contribution in [3.8, 4) is 11.5 Å². The summed E-state index contributed by atoms with van der Waals surface area (Å²) in [6.45, 7) is 4.21. The number of carbonyl (C=O) groups excluding carboxylic acids is 2. The lowest BCUT2D eigenvalue weighted by Crippen LogP contribution is -2.45. The highest BCUT2D eigenvalue weighted by atomic mass is 79.9. The Kier molecular flexibility index (Phi) is 6.30. The fourth-order valence-electron chi connectivity index (χ4n) is 2.58. The molecule has 0 aliphatic carbocycles. The Labute approximate surface area is 154 Å². The molecule has 1 aliphatic rings. The van der Waals surface area contributed by atoms with Gasteiger partial charge in [0.15, 0.2) is 11.5 Å². The van der Waals surface area contributed by atoms with Crippen LogP contribution < -0.4 is 20.1 Å². The third-order valence-electron chi connectivity index (χ3n) is 3.71. The van der Waals surface area contributed by atoms with Gasteiger partial charge in [0.25, 0.3) is 0 Å². The number of urea groups is 1. The van der Waals surface area contributed by atoms with Crippen molar-refractivity contribution in [2.75, 3.05) is 20.8 Å². The highest BCUT2D eigenvalue weighted by molar-refractivity contribution is 9.10. The van der Waals surface area contributed by atoms with Crippen LogP contribution in [-0.2, 0) is 9.53 Å². The largest absolute Gasteiger partial charge is 0.493 e. The first-order valence-electron chi connectivity index (χ1n) is 7.79. The molecule has 2 N–H and O–H groups in total. The number of hydrogen-bond donors (Lipinski definition) is 2. The molecule has 136 valence electrons. The zero-order chi connectivity index (χ0) is 18.6. The second-order valence-corrected chi connectivity index (χ2v) is 6.30. The monoisotopic (exact) mass is 412 g/mol. The minimum Gasteiger partial charge on any atom is -0.493 e. The maximum absolute atomic E-state index is 12.2. The van der Waals surface area contributed by atoms with Gasteiger partial charge in [-0.3, -0.25) is 0 Å². The number of carbonyl (C=O) groups is 2. The van der Waals surface area contributed by atoms with Gasteiger partial charge in [0.2, 0.25) is 0 Å². The van der Waals surface area contributed by atoms with Crippen molar-refractivity contribution < 1.29 is 23.8 Å². The standard InChI is InChI=1S/C17H21BrN2O5/c1-5-6-25-15-11(18)7-10(8-12(15)23-3)14-13(16(21)24-4)9(2)19-17(22)20-14/h7-8,14H,5-6H2,1-4H3,(H2,19,20,22)/t14-/m0/s1. The second kappa shape index (κ2) is 8.24. The van der Waals surface area contributed by atoms with Crippen LogP contribution in [0.4, 0.5) is 4.79 Å². The SMILES string of the molecule is CCCOc1c(Br)cc([C@@H]2NC(=O)NC(C)=C2C(=O)OC)cc1OC. The molecule has 1 atom stereocenters. The van der Waals surface area contributed by atoms with Crippen molar-refractivity contribution in [1.82, 2.24) is 10.6 Å². The zero-order valence-electron chi connectivity index (χ0n) is 14.6. The van der Waals surface area contributed by atoms with Crippen LogP contribution in [0.15, 0.2) is 27.9 Å².